The minimum Gasteiger partial charge on any atom is -0.507 e. The van der Waals surface area contributed by atoms with Crippen LogP contribution in [0.3, 0.4) is 0 Å². The molecule has 2 N–H and O–H groups in total. The van der Waals surface area contributed by atoms with Crippen molar-refractivity contribution in [2.24, 2.45) is 4.99 Å². The Morgan fingerprint density at radius 2 is 1.45 bits per heavy atom. The molecule has 1 unspecified atom stereocenters. The van der Waals surface area contributed by atoms with Gasteiger partial charge in [-0.1, -0.05) is 24.3 Å². The molecule has 20 heavy (non-hydrogen) atoms. The van der Waals surface area contributed by atoms with E-state index in [1.54, 1.807) is 24.3 Å². The van der Waals surface area contributed by atoms with Crippen LogP contribution in [0.5, 0.6) is 11.5 Å². The Hall–Kier alpha value is -1.24. The van der Waals surface area contributed by atoms with E-state index in [0.717, 1.165) is 10.0 Å². The van der Waals surface area contributed by atoms with E-state index in [-0.39, 0.29) is 19.4 Å². The average Bonchev–Trinajstić information content (AvgIpc) is 2.81. The summed E-state index contributed by atoms with van der Waals surface area (Å²) in [5, 5.41) is 20.6. The fourth-order valence-electron chi connectivity index (χ4n) is 1.82. The van der Waals surface area contributed by atoms with E-state index < -0.39 is 0 Å². The fraction of sp³-hybridized carbons (Fsp3) is 0. The summed E-state index contributed by atoms with van der Waals surface area (Å²) >= 11 is 3.58. The first kappa shape index (κ1) is 13.7. The number of phenolic OH excluding ortho intramolecular Hbond substituents is 2. The van der Waals surface area contributed by atoms with Crippen molar-refractivity contribution in [3.63, 3.8) is 0 Å². The molecular formula is C14H10BrNO2S2. The standard InChI is InChI=1S/C14H10BrNO2S2/c15-20-14(10-6-2-4-8-12(10)18)16-13(19-20)9-5-1-3-7-11(9)17/h1-8,17-18H. The van der Waals surface area contributed by atoms with Crippen LogP contribution in [0, 0.1) is 0 Å². The van der Waals surface area contributed by atoms with Crippen LogP contribution in [0.25, 0.3) is 0 Å². The summed E-state index contributed by atoms with van der Waals surface area (Å²) in [5.74, 6) is 0.420. The second-order valence-electron chi connectivity index (χ2n) is 4.06. The molecule has 0 saturated heterocycles. The Morgan fingerprint density at radius 1 is 0.900 bits per heavy atom. The van der Waals surface area contributed by atoms with Crippen LogP contribution in [0.2, 0.25) is 0 Å². The molecule has 0 radical (unpaired) electrons. The summed E-state index contributed by atoms with van der Waals surface area (Å²) in [4.78, 5) is 5.36. The SMILES string of the molecule is Oc1ccccc1C1=NC(c2ccccc2O)=S(Br)S1. The maximum absolute atomic E-state index is 9.94. The predicted octanol–water partition coefficient (Wildman–Crippen LogP) is 4.26. The molecular weight excluding hydrogens is 358 g/mol. The Balaban J connectivity index is 2.04. The molecule has 102 valence electrons. The quantitative estimate of drug-likeness (QED) is 0.615. The van der Waals surface area contributed by atoms with Gasteiger partial charge in [0.1, 0.15) is 21.5 Å². The molecule has 0 spiro atoms. The number of benzene rings is 2. The Morgan fingerprint density at radius 3 is 2.05 bits per heavy atom. The zero-order valence-electron chi connectivity index (χ0n) is 10.2. The number of halogens is 1. The van der Waals surface area contributed by atoms with Crippen molar-refractivity contribution in [1.82, 2.24) is 0 Å². The van der Waals surface area contributed by atoms with Crippen molar-refractivity contribution < 1.29 is 10.2 Å². The summed E-state index contributed by atoms with van der Waals surface area (Å²) in [5.41, 5.74) is 1.42. The van der Waals surface area contributed by atoms with E-state index in [1.807, 2.05) is 24.3 Å². The van der Waals surface area contributed by atoms with Gasteiger partial charge in [0.25, 0.3) is 0 Å². The highest BCUT2D eigenvalue weighted by Gasteiger charge is 2.22. The van der Waals surface area contributed by atoms with Gasteiger partial charge in [-0.25, -0.2) is 4.99 Å². The molecule has 0 amide bonds. The third-order valence-corrected chi connectivity index (χ3v) is 7.50. The van der Waals surface area contributed by atoms with Gasteiger partial charge < -0.3 is 10.2 Å². The number of hydrogen-bond donors (Lipinski definition) is 2. The number of phenols is 2. The van der Waals surface area contributed by atoms with Crippen molar-refractivity contribution in [3.8, 4) is 11.5 Å². The molecule has 0 bridgehead atoms. The van der Waals surface area contributed by atoms with Gasteiger partial charge in [-0.05, 0) is 57.8 Å². The first-order valence-corrected chi connectivity index (χ1v) is 10.2. The van der Waals surface area contributed by atoms with Crippen LogP contribution in [-0.2, 0) is 0 Å². The molecule has 3 rings (SSSR count). The first-order valence-electron chi connectivity index (χ1n) is 5.78. The molecule has 1 atom stereocenters. The number of nitrogens with zero attached hydrogens (tertiary/aromatic N) is 1. The van der Waals surface area contributed by atoms with Gasteiger partial charge in [-0.2, -0.15) is 0 Å². The number of rotatable bonds is 2. The van der Waals surface area contributed by atoms with E-state index in [0.29, 0.717) is 11.1 Å². The van der Waals surface area contributed by atoms with Crippen LogP contribution >= 0.6 is 33.6 Å². The highest BCUT2D eigenvalue weighted by molar-refractivity contribution is 9.65. The van der Waals surface area contributed by atoms with Crippen molar-refractivity contribution in [2.45, 2.75) is 0 Å². The molecule has 1 aliphatic heterocycles. The van der Waals surface area contributed by atoms with E-state index >= 15 is 0 Å². The molecule has 0 fully saturated rings. The van der Waals surface area contributed by atoms with Gasteiger partial charge in [-0.15, -0.1) is 0 Å². The molecule has 3 nitrogen and oxygen atoms in total. The summed E-state index contributed by atoms with van der Waals surface area (Å²) in [6, 6.07) is 14.2. The predicted molar refractivity (Wildman–Crippen MR) is 91.0 cm³/mol. The van der Waals surface area contributed by atoms with E-state index in [9.17, 15) is 10.2 Å². The number of aliphatic imine (C=N–C) groups is 1. The van der Waals surface area contributed by atoms with Gasteiger partial charge >= 0.3 is 0 Å². The van der Waals surface area contributed by atoms with Gasteiger partial charge in [0.05, 0.1) is 0 Å². The second kappa shape index (κ2) is 5.63. The molecule has 1 aliphatic rings. The number of para-hydroxylation sites is 2. The minimum absolute atomic E-state index is 0.210. The van der Waals surface area contributed by atoms with Crippen LogP contribution < -0.4 is 0 Å². The van der Waals surface area contributed by atoms with Crippen molar-refractivity contribution in [1.29, 1.82) is 0 Å². The van der Waals surface area contributed by atoms with Gasteiger partial charge in [0.15, 0.2) is 0 Å². The summed E-state index contributed by atoms with van der Waals surface area (Å²) in [7, 11) is 1.19. The molecule has 6 heteroatoms. The van der Waals surface area contributed by atoms with Crippen molar-refractivity contribution in [2.75, 3.05) is 0 Å². The smallest absolute Gasteiger partial charge is 0.125 e. The highest BCUT2D eigenvalue weighted by atomic mass is 79.9. The van der Waals surface area contributed by atoms with Gasteiger partial charge in [-0.3, -0.25) is 0 Å². The fourth-order valence-corrected chi connectivity index (χ4v) is 6.27. The Labute approximate surface area is 129 Å². The lowest BCUT2D eigenvalue weighted by Crippen LogP contribution is -1.97. The lowest BCUT2D eigenvalue weighted by molar-refractivity contribution is 0.474. The monoisotopic (exact) mass is 367 g/mol. The minimum atomic E-state index is -0.340. The van der Waals surface area contributed by atoms with E-state index in [4.69, 9.17) is 0 Å². The zero-order chi connectivity index (χ0) is 14.1. The van der Waals surface area contributed by atoms with E-state index in [2.05, 4.69) is 19.8 Å². The third-order valence-electron chi connectivity index (χ3n) is 2.78. The molecule has 0 saturated carbocycles. The maximum atomic E-state index is 9.94. The average molecular weight is 368 g/mol. The lowest BCUT2D eigenvalue weighted by atomic mass is 10.2. The molecule has 2 aromatic carbocycles. The largest absolute Gasteiger partial charge is 0.507 e. The van der Waals surface area contributed by atoms with Crippen LogP contribution in [-0.4, -0.2) is 20.2 Å². The number of hydrogen-bond acceptors (Lipinski definition) is 4. The summed E-state index contributed by atoms with van der Waals surface area (Å²) in [6.45, 7) is 0. The lowest BCUT2D eigenvalue weighted by Gasteiger charge is -2.02. The molecule has 0 aliphatic carbocycles. The molecule has 1 heterocycles. The zero-order valence-corrected chi connectivity index (χ0v) is 13.4. The van der Waals surface area contributed by atoms with Crippen LogP contribution in [0.15, 0.2) is 53.5 Å². The van der Waals surface area contributed by atoms with Crippen LogP contribution in [0.4, 0.5) is 0 Å². The maximum Gasteiger partial charge on any atom is 0.125 e. The van der Waals surface area contributed by atoms with E-state index in [1.165, 1.54) is 10.8 Å². The van der Waals surface area contributed by atoms with Crippen molar-refractivity contribution >= 4 is 43.6 Å². The molecule has 0 aromatic heterocycles. The first-order chi connectivity index (χ1) is 9.66. The third kappa shape index (κ3) is 2.51. The normalized spacial score (nSPS) is 18.1. The van der Waals surface area contributed by atoms with Crippen LogP contribution in [0.1, 0.15) is 11.1 Å². The van der Waals surface area contributed by atoms with Gasteiger partial charge in [0, 0.05) is 11.1 Å². The second-order valence-corrected chi connectivity index (χ2v) is 10.2. The van der Waals surface area contributed by atoms with Gasteiger partial charge in [0.2, 0.25) is 0 Å². The summed E-state index contributed by atoms with van der Waals surface area (Å²) < 4.78 is 0. The Bertz CT molecular complexity index is 743. The van der Waals surface area contributed by atoms with Crippen molar-refractivity contribution in [3.05, 3.63) is 59.7 Å². The highest BCUT2D eigenvalue weighted by Crippen LogP contribution is 2.49. The molecule has 2 aromatic rings. The Kier molecular flexibility index (Phi) is 3.87. The number of aromatic hydroxyl groups is 2. The topological polar surface area (TPSA) is 52.8 Å². The summed E-state index contributed by atoms with van der Waals surface area (Å²) in [6.07, 6.45) is 0.